The van der Waals surface area contributed by atoms with Crippen LogP contribution >= 0.6 is 0 Å². The van der Waals surface area contributed by atoms with Crippen LogP contribution in [0.25, 0.3) is 0 Å². The molecule has 2 heteroatoms. The predicted molar refractivity (Wildman–Crippen MR) is 63.9 cm³/mol. The van der Waals surface area contributed by atoms with Crippen LogP contribution in [-0.4, -0.2) is 12.5 Å². The van der Waals surface area contributed by atoms with Gasteiger partial charge in [-0.3, -0.25) is 4.79 Å². The van der Waals surface area contributed by atoms with E-state index >= 15 is 0 Å². The van der Waals surface area contributed by atoms with E-state index < -0.39 is 0 Å². The zero-order chi connectivity index (χ0) is 11.2. The van der Waals surface area contributed by atoms with E-state index in [9.17, 15) is 4.79 Å². The minimum absolute atomic E-state index is 0.354. The number of carbonyl (C=O) groups excluding carboxylic acids is 1. The van der Waals surface area contributed by atoms with Gasteiger partial charge in [-0.2, -0.15) is 0 Å². The lowest BCUT2D eigenvalue weighted by Gasteiger charge is -2.41. The molecular weight excluding hydrogens is 198 g/mol. The zero-order valence-electron chi connectivity index (χ0n) is 10.3. The first-order chi connectivity index (χ1) is 7.72. The Morgan fingerprint density at radius 3 is 2.44 bits per heavy atom. The molecule has 3 saturated carbocycles. The summed E-state index contributed by atoms with van der Waals surface area (Å²) in [5, 5.41) is 3.22. The molecule has 2 atom stereocenters. The van der Waals surface area contributed by atoms with Crippen LogP contribution in [0.2, 0.25) is 0 Å². The summed E-state index contributed by atoms with van der Waals surface area (Å²) in [6.07, 6.45) is 8.98. The van der Waals surface area contributed by atoms with E-state index in [1.165, 1.54) is 44.9 Å². The number of hydrogen-bond donors (Lipinski definition) is 1. The molecule has 3 aliphatic rings. The third kappa shape index (κ3) is 1.76. The minimum Gasteiger partial charge on any atom is -0.355 e. The fourth-order valence-electron chi connectivity index (χ4n) is 3.68. The molecule has 3 aliphatic carbocycles. The molecule has 0 aliphatic heterocycles. The molecule has 0 radical (unpaired) electrons. The summed E-state index contributed by atoms with van der Waals surface area (Å²) in [6, 6.07) is 0. The summed E-state index contributed by atoms with van der Waals surface area (Å²) in [5.74, 6) is 2.55. The molecule has 3 rings (SSSR count). The summed E-state index contributed by atoms with van der Waals surface area (Å²) < 4.78 is 0. The maximum atomic E-state index is 12.0. The standard InChI is InChI=1S/C14H23NO/c1-2-14(4-3-5-14)9-15-13(16)12-7-10-6-11(10)8-12/h10-12H,2-9H2,1H3,(H,15,16). The molecule has 0 aromatic carbocycles. The normalized spacial score (nSPS) is 38.7. The average Bonchev–Trinajstić information content (AvgIpc) is 2.84. The fraction of sp³-hybridized carbons (Fsp3) is 0.929. The van der Waals surface area contributed by atoms with Crippen molar-refractivity contribution < 1.29 is 4.79 Å². The van der Waals surface area contributed by atoms with Crippen LogP contribution in [0.4, 0.5) is 0 Å². The van der Waals surface area contributed by atoms with Gasteiger partial charge < -0.3 is 5.32 Å². The second kappa shape index (κ2) is 3.75. The summed E-state index contributed by atoms with van der Waals surface area (Å²) in [4.78, 5) is 12.0. The zero-order valence-corrected chi connectivity index (χ0v) is 10.3. The number of fused-ring (bicyclic) bond motifs is 1. The van der Waals surface area contributed by atoms with E-state index in [-0.39, 0.29) is 0 Å². The van der Waals surface area contributed by atoms with Gasteiger partial charge >= 0.3 is 0 Å². The summed E-state index contributed by atoms with van der Waals surface area (Å²) in [6.45, 7) is 3.20. The van der Waals surface area contributed by atoms with E-state index in [0.717, 1.165) is 18.4 Å². The molecule has 2 unspecified atom stereocenters. The Kier molecular flexibility index (Phi) is 2.49. The van der Waals surface area contributed by atoms with E-state index in [1.54, 1.807) is 0 Å². The Bertz CT molecular complexity index is 280. The van der Waals surface area contributed by atoms with Gasteiger partial charge in [0.25, 0.3) is 0 Å². The Morgan fingerprint density at radius 2 is 1.94 bits per heavy atom. The second-order valence-electron chi connectivity index (χ2n) is 6.35. The van der Waals surface area contributed by atoms with Crippen molar-refractivity contribution in [3.8, 4) is 0 Å². The molecule has 0 bridgehead atoms. The Morgan fingerprint density at radius 1 is 1.25 bits per heavy atom. The van der Waals surface area contributed by atoms with Gasteiger partial charge in [-0.25, -0.2) is 0 Å². The third-order valence-corrected chi connectivity index (χ3v) is 5.42. The highest BCUT2D eigenvalue weighted by molar-refractivity contribution is 5.79. The molecule has 0 saturated heterocycles. The monoisotopic (exact) mass is 221 g/mol. The van der Waals surface area contributed by atoms with Crippen molar-refractivity contribution in [1.29, 1.82) is 0 Å². The number of nitrogens with one attached hydrogen (secondary N) is 1. The van der Waals surface area contributed by atoms with Crippen LogP contribution in [0.15, 0.2) is 0 Å². The molecule has 1 amide bonds. The van der Waals surface area contributed by atoms with Gasteiger partial charge in [-0.05, 0) is 55.8 Å². The highest BCUT2D eigenvalue weighted by atomic mass is 16.1. The number of rotatable bonds is 4. The number of hydrogen-bond acceptors (Lipinski definition) is 1. The first kappa shape index (κ1) is 10.6. The van der Waals surface area contributed by atoms with Crippen molar-refractivity contribution >= 4 is 5.91 Å². The molecule has 0 spiro atoms. The minimum atomic E-state index is 0.354. The van der Waals surface area contributed by atoms with Gasteiger partial charge in [0.05, 0.1) is 0 Å². The molecule has 2 nitrogen and oxygen atoms in total. The SMILES string of the molecule is CCC1(CNC(=O)C2CC3CC3C2)CCC1. The van der Waals surface area contributed by atoms with Gasteiger partial charge in [-0.15, -0.1) is 0 Å². The maximum Gasteiger partial charge on any atom is 0.223 e. The van der Waals surface area contributed by atoms with Gasteiger partial charge in [0.15, 0.2) is 0 Å². The number of amides is 1. The van der Waals surface area contributed by atoms with Crippen LogP contribution in [0.1, 0.15) is 51.9 Å². The van der Waals surface area contributed by atoms with Crippen LogP contribution in [-0.2, 0) is 4.79 Å². The maximum absolute atomic E-state index is 12.0. The van der Waals surface area contributed by atoms with Crippen LogP contribution < -0.4 is 5.32 Å². The summed E-state index contributed by atoms with van der Waals surface area (Å²) in [7, 11) is 0. The molecule has 0 aromatic heterocycles. The Labute approximate surface area is 98.2 Å². The average molecular weight is 221 g/mol. The van der Waals surface area contributed by atoms with Crippen LogP contribution in [0.5, 0.6) is 0 Å². The largest absolute Gasteiger partial charge is 0.355 e. The van der Waals surface area contributed by atoms with E-state index in [4.69, 9.17) is 0 Å². The first-order valence-electron chi connectivity index (χ1n) is 7.00. The molecule has 16 heavy (non-hydrogen) atoms. The molecule has 0 heterocycles. The fourth-order valence-corrected chi connectivity index (χ4v) is 3.68. The van der Waals surface area contributed by atoms with Crippen molar-refractivity contribution in [2.75, 3.05) is 6.54 Å². The van der Waals surface area contributed by atoms with E-state index in [2.05, 4.69) is 12.2 Å². The van der Waals surface area contributed by atoms with Gasteiger partial charge in [0.1, 0.15) is 0 Å². The number of carbonyl (C=O) groups is 1. The predicted octanol–water partition coefficient (Wildman–Crippen LogP) is 2.73. The lowest BCUT2D eigenvalue weighted by atomic mass is 9.67. The molecule has 0 aromatic rings. The van der Waals surface area contributed by atoms with Crippen molar-refractivity contribution in [2.24, 2.45) is 23.2 Å². The van der Waals surface area contributed by atoms with Crippen LogP contribution in [0, 0.1) is 23.2 Å². The van der Waals surface area contributed by atoms with Crippen molar-refractivity contribution in [2.45, 2.75) is 51.9 Å². The molecule has 1 N–H and O–H groups in total. The summed E-state index contributed by atoms with van der Waals surface area (Å²) in [5.41, 5.74) is 0.469. The lowest BCUT2D eigenvalue weighted by molar-refractivity contribution is -0.126. The van der Waals surface area contributed by atoms with Crippen molar-refractivity contribution in [3.05, 3.63) is 0 Å². The molecule has 90 valence electrons. The molecule has 3 fully saturated rings. The van der Waals surface area contributed by atoms with Crippen molar-refractivity contribution in [1.82, 2.24) is 5.32 Å². The van der Waals surface area contributed by atoms with Crippen molar-refractivity contribution in [3.63, 3.8) is 0 Å². The second-order valence-corrected chi connectivity index (χ2v) is 6.35. The highest BCUT2D eigenvalue weighted by Gasteiger charge is 2.48. The highest BCUT2D eigenvalue weighted by Crippen LogP contribution is 2.54. The van der Waals surface area contributed by atoms with E-state index in [1.807, 2.05) is 0 Å². The van der Waals surface area contributed by atoms with Gasteiger partial charge in [-0.1, -0.05) is 13.3 Å². The Balaban J connectivity index is 1.46. The first-order valence-corrected chi connectivity index (χ1v) is 7.00. The lowest BCUT2D eigenvalue weighted by Crippen LogP contribution is -2.43. The quantitative estimate of drug-likeness (QED) is 0.777. The molecular formula is C14H23NO. The Hall–Kier alpha value is -0.530. The van der Waals surface area contributed by atoms with Gasteiger partial charge in [0, 0.05) is 12.5 Å². The van der Waals surface area contributed by atoms with E-state index in [0.29, 0.717) is 17.2 Å². The van der Waals surface area contributed by atoms with Gasteiger partial charge in [0.2, 0.25) is 5.91 Å². The van der Waals surface area contributed by atoms with Crippen LogP contribution in [0.3, 0.4) is 0 Å². The smallest absolute Gasteiger partial charge is 0.223 e. The third-order valence-electron chi connectivity index (χ3n) is 5.42. The topological polar surface area (TPSA) is 29.1 Å². The summed E-state index contributed by atoms with van der Waals surface area (Å²) >= 11 is 0.